The summed E-state index contributed by atoms with van der Waals surface area (Å²) in [6.07, 6.45) is 6.30. The van der Waals surface area contributed by atoms with Crippen LogP contribution in [0.1, 0.15) is 42.4 Å². The summed E-state index contributed by atoms with van der Waals surface area (Å²) in [4.78, 5) is 26.2. The summed E-state index contributed by atoms with van der Waals surface area (Å²) in [6.45, 7) is 2.41. The molecule has 1 fully saturated rings. The van der Waals surface area contributed by atoms with Crippen LogP contribution in [0.15, 0.2) is 36.5 Å². The van der Waals surface area contributed by atoms with Gasteiger partial charge in [0.15, 0.2) is 6.61 Å². The molecule has 3 heterocycles. The Morgan fingerprint density at radius 3 is 2.89 bits per heavy atom. The molecule has 2 aromatic rings. The Labute approximate surface area is 160 Å². The number of hydrogen-bond acceptors (Lipinski definition) is 5. The summed E-state index contributed by atoms with van der Waals surface area (Å²) in [5.41, 5.74) is 2.14. The highest BCUT2D eigenvalue weighted by Gasteiger charge is 2.26. The first-order valence-electron chi connectivity index (χ1n) is 9.71. The molecule has 2 aliphatic heterocycles. The van der Waals surface area contributed by atoms with Crippen LogP contribution in [0.25, 0.3) is 0 Å². The summed E-state index contributed by atoms with van der Waals surface area (Å²) in [5, 5.41) is 0. The smallest absolute Gasteiger partial charge is 0.260 e. The number of hydrogen-bond donors (Lipinski definition) is 0. The minimum absolute atomic E-state index is 0.000549. The van der Waals surface area contributed by atoms with Crippen molar-refractivity contribution in [1.82, 2.24) is 19.8 Å². The van der Waals surface area contributed by atoms with E-state index in [-0.39, 0.29) is 12.5 Å². The number of fused-ring (bicyclic) bond motifs is 1. The molecule has 6 nitrogen and oxygen atoms in total. The fourth-order valence-electron chi connectivity index (χ4n) is 3.86. The number of amides is 1. The van der Waals surface area contributed by atoms with Gasteiger partial charge in [0.1, 0.15) is 11.6 Å². The second kappa shape index (κ2) is 8.05. The molecule has 6 heteroatoms. The molecule has 0 aliphatic carbocycles. The lowest BCUT2D eigenvalue weighted by molar-refractivity contribution is -0.134. The highest BCUT2D eigenvalue weighted by molar-refractivity contribution is 5.78. The topological polar surface area (TPSA) is 58.6 Å². The van der Waals surface area contributed by atoms with Gasteiger partial charge in [0.05, 0.1) is 11.7 Å². The molecule has 1 amide bonds. The highest BCUT2D eigenvalue weighted by Crippen LogP contribution is 2.28. The number of piperidine rings is 1. The Bertz CT molecular complexity index is 796. The van der Waals surface area contributed by atoms with Gasteiger partial charge in [0.2, 0.25) is 0 Å². The van der Waals surface area contributed by atoms with Crippen molar-refractivity contribution in [2.75, 3.05) is 26.7 Å². The maximum absolute atomic E-state index is 12.5. The molecule has 0 radical (unpaired) electrons. The van der Waals surface area contributed by atoms with Crippen molar-refractivity contribution in [1.29, 1.82) is 0 Å². The highest BCUT2D eigenvalue weighted by atomic mass is 16.5. The van der Waals surface area contributed by atoms with Crippen LogP contribution in [-0.2, 0) is 17.8 Å². The number of carbonyl (C=O) groups is 1. The fraction of sp³-hybridized carbons (Fsp3) is 0.476. The van der Waals surface area contributed by atoms with E-state index in [9.17, 15) is 4.79 Å². The van der Waals surface area contributed by atoms with Crippen LogP contribution < -0.4 is 4.74 Å². The van der Waals surface area contributed by atoms with Gasteiger partial charge in [0, 0.05) is 31.3 Å². The summed E-state index contributed by atoms with van der Waals surface area (Å²) in [6, 6.07) is 9.76. The third kappa shape index (κ3) is 4.11. The molecule has 0 N–H and O–H groups in total. The number of ether oxygens (including phenoxy) is 1. The standard InChI is InChI=1S/C21H26N4O2/c1-24-11-6-5-9-19(24)21-22-13-16-14-25(12-10-18(16)23-21)20(26)15-27-17-7-3-2-4-8-17/h2-4,7-8,13,19H,5-6,9-12,14-15H2,1H3/t19-/m0/s1. The van der Waals surface area contributed by atoms with Gasteiger partial charge in [-0.2, -0.15) is 0 Å². The van der Waals surface area contributed by atoms with Crippen LogP contribution in [-0.4, -0.2) is 52.4 Å². The predicted octanol–water partition coefficient (Wildman–Crippen LogP) is 2.60. The zero-order chi connectivity index (χ0) is 18.6. The summed E-state index contributed by atoms with van der Waals surface area (Å²) >= 11 is 0. The van der Waals surface area contributed by atoms with Gasteiger partial charge >= 0.3 is 0 Å². The van der Waals surface area contributed by atoms with Crippen LogP contribution in [0.3, 0.4) is 0 Å². The summed E-state index contributed by atoms with van der Waals surface area (Å²) in [5.74, 6) is 1.65. The second-order valence-corrected chi connectivity index (χ2v) is 7.36. The first-order chi connectivity index (χ1) is 13.2. The number of benzene rings is 1. The zero-order valence-corrected chi connectivity index (χ0v) is 15.8. The summed E-state index contributed by atoms with van der Waals surface area (Å²) < 4.78 is 5.59. The Hall–Kier alpha value is -2.47. The zero-order valence-electron chi connectivity index (χ0n) is 15.8. The first-order valence-corrected chi connectivity index (χ1v) is 9.71. The molecule has 1 atom stereocenters. The van der Waals surface area contributed by atoms with Gasteiger partial charge < -0.3 is 9.64 Å². The maximum atomic E-state index is 12.5. The quantitative estimate of drug-likeness (QED) is 0.832. The van der Waals surface area contributed by atoms with E-state index in [0.29, 0.717) is 24.9 Å². The Balaban J connectivity index is 1.39. The van der Waals surface area contributed by atoms with Gasteiger partial charge in [0.25, 0.3) is 5.91 Å². The van der Waals surface area contributed by atoms with E-state index in [2.05, 4.69) is 16.9 Å². The van der Waals surface area contributed by atoms with Crippen molar-refractivity contribution in [3.05, 3.63) is 53.6 Å². The molecule has 1 aromatic heterocycles. The van der Waals surface area contributed by atoms with Gasteiger partial charge in [-0.25, -0.2) is 9.97 Å². The Kier molecular flexibility index (Phi) is 5.34. The van der Waals surface area contributed by atoms with Gasteiger partial charge in [-0.1, -0.05) is 24.6 Å². The van der Waals surface area contributed by atoms with Crippen molar-refractivity contribution in [3.8, 4) is 5.75 Å². The van der Waals surface area contributed by atoms with Crippen LogP contribution in [0, 0.1) is 0 Å². The average molecular weight is 366 g/mol. The maximum Gasteiger partial charge on any atom is 0.260 e. The minimum atomic E-state index is 0.000549. The summed E-state index contributed by atoms with van der Waals surface area (Å²) in [7, 11) is 2.15. The van der Waals surface area contributed by atoms with Crippen LogP contribution in [0.2, 0.25) is 0 Å². The lowest BCUT2D eigenvalue weighted by atomic mass is 10.0. The largest absolute Gasteiger partial charge is 0.484 e. The third-order valence-corrected chi connectivity index (χ3v) is 5.48. The van der Waals surface area contributed by atoms with E-state index in [0.717, 1.165) is 36.5 Å². The molecule has 0 spiro atoms. The van der Waals surface area contributed by atoms with Gasteiger partial charge in [-0.05, 0) is 38.6 Å². The average Bonchev–Trinajstić information content (AvgIpc) is 2.72. The monoisotopic (exact) mass is 366 g/mol. The number of aromatic nitrogens is 2. The van der Waals surface area contributed by atoms with Gasteiger partial charge in [-0.3, -0.25) is 9.69 Å². The number of nitrogens with zero attached hydrogens (tertiary/aromatic N) is 4. The van der Waals surface area contributed by atoms with Crippen LogP contribution in [0.5, 0.6) is 5.75 Å². The van der Waals surface area contributed by atoms with Crippen LogP contribution in [0.4, 0.5) is 0 Å². The van der Waals surface area contributed by atoms with Crippen molar-refractivity contribution in [3.63, 3.8) is 0 Å². The fourth-order valence-corrected chi connectivity index (χ4v) is 3.86. The molecule has 1 aromatic carbocycles. The van der Waals surface area contributed by atoms with E-state index < -0.39 is 0 Å². The molecule has 27 heavy (non-hydrogen) atoms. The van der Waals surface area contributed by atoms with E-state index in [1.807, 2.05) is 41.4 Å². The lowest BCUT2D eigenvalue weighted by Crippen LogP contribution is -2.39. The first kappa shape index (κ1) is 17.9. The molecule has 142 valence electrons. The molecule has 0 bridgehead atoms. The number of rotatable bonds is 4. The lowest BCUT2D eigenvalue weighted by Gasteiger charge is -2.32. The van der Waals surface area contributed by atoms with Crippen molar-refractivity contribution in [2.45, 2.75) is 38.3 Å². The molecular formula is C21H26N4O2. The molecule has 4 rings (SSSR count). The Morgan fingerprint density at radius 1 is 1.22 bits per heavy atom. The van der Waals surface area contributed by atoms with E-state index in [4.69, 9.17) is 9.72 Å². The SMILES string of the molecule is CN1CCCC[C@H]1c1ncc2c(n1)CCN(C(=O)COc1ccccc1)C2. The minimum Gasteiger partial charge on any atom is -0.484 e. The number of likely N-dealkylation sites (tertiary alicyclic amines) is 1. The predicted molar refractivity (Wildman–Crippen MR) is 102 cm³/mol. The molecular weight excluding hydrogens is 340 g/mol. The van der Waals surface area contributed by atoms with Gasteiger partial charge in [-0.15, -0.1) is 0 Å². The van der Waals surface area contributed by atoms with Crippen molar-refractivity contribution < 1.29 is 9.53 Å². The van der Waals surface area contributed by atoms with E-state index >= 15 is 0 Å². The molecule has 1 saturated heterocycles. The van der Waals surface area contributed by atoms with E-state index in [1.54, 1.807) is 0 Å². The normalized spacial score (nSPS) is 20.2. The number of para-hydroxylation sites is 1. The Morgan fingerprint density at radius 2 is 2.07 bits per heavy atom. The number of carbonyl (C=O) groups excluding carboxylic acids is 1. The second-order valence-electron chi connectivity index (χ2n) is 7.36. The van der Waals surface area contributed by atoms with E-state index in [1.165, 1.54) is 12.8 Å². The van der Waals surface area contributed by atoms with Crippen LogP contribution >= 0.6 is 0 Å². The van der Waals surface area contributed by atoms with Crippen molar-refractivity contribution >= 4 is 5.91 Å². The third-order valence-electron chi connectivity index (χ3n) is 5.48. The molecule has 0 unspecified atom stereocenters. The van der Waals surface area contributed by atoms with Crippen molar-refractivity contribution in [2.24, 2.45) is 0 Å². The molecule has 0 saturated carbocycles. The molecule has 2 aliphatic rings.